The zero-order valence-corrected chi connectivity index (χ0v) is 17.1. The minimum Gasteiger partial charge on any atom is -0.319 e. The van der Waals surface area contributed by atoms with Crippen LogP contribution in [0.25, 0.3) is 0 Å². The van der Waals surface area contributed by atoms with E-state index >= 15 is 0 Å². The Balaban J connectivity index is 1.43. The minimum absolute atomic E-state index is 0.0489. The fraction of sp³-hybridized carbons (Fsp3) is 0.435. The molecule has 0 saturated carbocycles. The van der Waals surface area contributed by atoms with Crippen LogP contribution in [0, 0.1) is 0 Å². The summed E-state index contributed by atoms with van der Waals surface area (Å²) in [6.45, 7) is 4.65. The Morgan fingerprint density at radius 3 is 2.77 bits per heavy atom. The molecule has 0 spiro atoms. The molecule has 30 heavy (non-hydrogen) atoms. The van der Waals surface area contributed by atoms with E-state index in [0.29, 0.717) is 35.3 Å². The summed E-state index contributed by atoms with van der Waals surface area (Å²) in [7, 11) is 0. The third kappa shape index (κ3) is 3.59. The Morgan fingerprint density at radius 2 is 1.90 bits per heavy atom. The predicted molar refractivity (Wildman–Crippen MR) is 116 cm³/mol. The van der Waals surface area contributed by atoms with Crippen LogP contribution < -0.4 is 10.2 Å². The summed E-state index contributed by atoms with van der Waals surface area (Å²) in [6.07, 6.45) is 6.47. The smallest absolute Gasteiger partial charge is 0.257 e. The highest BCUT2D eigenvalue weighted by Crippen LogP contribution is 2.36. The van der Waals surface area contributed by atoms with E-state index < -0.39 is 0 Å². The number of hydrogen-bond acceptors (Lipinski definition) is 5. The molecule has 1 atom stereocenters. The first kappa shape index (κ1) is 19.2. The molecule has 1 aromatic carbocycles. The highest BCUT2D eigenvalue weighted by Gasteiger charge is 2.34. The second kappa shape index (κ2) is 8.16. The third-order valence-corrected chi connectivity index (χ3v) is 6.39. The van der Waals surface area contributed by atoms with Crippen molar-refractivity contribution >= 4 is 29.0 Å². The van der Waals surface area contributed by atoms with Crippen molar-refractivity contribution in [2.75, 3.05) is 42.9 Å². The van der Waals surface area contributed by atoms with E-state index in [0.717, 1.165) is 25.9 Å². The Kier molecular flexibility index (Phi) is 5.23. The van der Waals surface area contributed by atoms with Crippen molar-refractivity contribution < 1.29 is 9.59 Å². The van der Waals surface area contributed by atoms with Gasteiger partial charge in [-0.05, 0) is 69.6 Å². The molecule has 0 radical (unpaired) electrons. The van der Waals surface area contributed by atoms with Crippen molar-refractivity contribution in [3.63, 3.8) is 0 Å². The highest BCUT2D eigenvalue weighted by atomic mass is 16.2. The molecule has 3 aliphatic rings. The number of benzene rings is 1. The van der Waals surface area contributed by atoms with Gasteiger partial charge in [0, 0.05) is 18.8 Å². The summed E-state index contributed by atoms with van der Waals surface area (Å²) >= 11 is 0. The summed E-state index contributed by atoms with van der Waals surface area (Å²) in [6, 6.07) is 11.2. The van der Waals surface area contributed by atoms with Crippen molar-refractivity contribution in [1.29, 1.82) is 0 Å². The summed E-state index contributed by atoms with van der Waals surface area (Å²) in [4.78, 5) is 37.3. The molecule has 2 aromatic rings. The Bertz CT molecular complexity index is 956. The van der Waals surface area contributed by atoms with E-state index in [4.69, 9.17) is 0 Å². The van der Waals surface area contributed by atoms with Crippen LogP contribution in [0.5, 0.6) is 0 Å². The number of carbonyl (C=O) groups is 2. The molecule has 1 aromatic heterocycles. The molecule has 1 unspecified atom stereocenters. The van der Waals surface area contributed by atoms with Gasteiger partial charge in [-0.3, -0.25) is 19.4 Å². The lowest BCUT2D eigenvalue weighted by Gasteiger charge is -2.30. The number of fused-ring (bicyclic) bond motifs is 2. The van der Waals surface area contributed by atoms with Crippen molar-refractivity contribution in [2.45, 2.75) is 31.7 Å². The standard InChI is InChI=1S/C23H27N5O2/c29-21(16-27-14-6-7-17(27)15-26-12-3-4-13-26)28-20-10-2-1-8-18(20)23(30)25-19-9-5-11-24-22(19)28/h1-2,5,8-11,17H,3-4,6-7,12-16H2,(H,25,30). The van der Waals surface area contributed by atoms with Gasteiger partial charge in [0.1, 0.15) is 0 Å². The Hall–Kier alpha value is -2.77. The van der Waals surface area contributed by atoms with E-state index in [1.54, 1.807) is 29.3 Å². The molecule has 3 aliphatic heterocycles. The molecule has 1 N–H and O–H groups in total. The lowest BCUT2D eigenvalue weighted by atomic mass is 10.1. The molecule has 4 heterocycles. The van der Waals surface area contributed by atoms with Crippen LogP contribution in [0.3, 0.4) is 0 Å². The zero-order valence-electron chi connectivity index (χ0n) is 17.1. The van der Waals surface area contributed by atoms with Gasteiger partial charge in [0.25, 0.3) is 5.91 Å². The van der Waals surface area contributed by atoms with Crippen molar-refractivity contribution in [2.24, 2.45) is 0 Å². The van der Waals surface area contributed by atoms with Crippen molar-refractivity contribution in [1.82, 2.24) is 14.8 Å². The molecule has 2 amide bonds. The van der Waals surface area contributed by atoms with Gasteiger partial charge >= 0.3 is 0 Å². The second-order valence-corrected chi connectivity index (χ2v) is 8.35. The lowest BCUT2D eigenvalue weighted by Crippen LogP contribution is -2.44. The first-order chi connectivity index (χ1) is 14.7. The molecule has 2 fully saturated rings. The van der Waals surface area contributed by atoms with Crippen LogP contribution in [-0.2, 0) is 4.79 Å². The van der Waals surface area contributed by atoms with Crippen LogP contribution in [0.15, 0.2) is 42.6 Å². The summed E-state index contributed by atoms with van der Waals surface area (Å²) < 4.78 is 0. The third-order valence-electron chi connectivity index (χ3n) is 6.39. The highest BCUT2D eigenvalue weighted by molar-refractivity contribution is 6.17. The van der Waals surface area contributed by atoms with Crippen LogP contribution in [0.2, 0.25) is 0 Å². The normalized spacial score (nSPS) is 21.8. The molecular weight excluding hydrogens is 378 g/mol. The number of nitrogens with one attached hydrogen (secondary N) is 1. The Labute approximate surface area is 176 Å². The average Bonchev–Trinajstić information content (AvgIpc) is 3.40. The number of pyridine rings is 1. The predicted octanol–water partition coefficient (Wildman–Crippen LogP) is 2.87. The fourth-order valence-electron chi connectivity index (χ4n) is 4.91. The van der Waals surface area contributed by atoms with E-state index in [2.05, 4.69) is 20.1 Å². The molecule has 156 valence electrons. The molecule has 0 aliphatic carbocycles. The fourth-order valence-corrected chi connectivity index (χ4v) is 4.91. The molecule has 7 nitrogen and oxygen atoms in total. The summed E-state index contributed by atoms with van der Waals surface area (Å²) in [5, 5.41) is 2.90. The van der Waals surface area contributed by atoms with Gasteiger partial charge in [-0.25, -0.2) is 4.98 Å². The van der Waals surface area contributed by atoms with Crippen LogP contribution in [0.1, 0.15) is 36.0 Å². The average molecular weight is 406 g/mol. The monoisotopic (exact) mass is 405 g/mol. The number of nitrogens with zero attached hydrogens (tertiary/aromatic N) is 4. The number of rotatable bonds is 4. The van der Waals surface area contributed by atoms with Gasteiger partial charge in [-0.2, -0.15) is 0 Å². The van der Waals surface area contributed by atoms with Gasteiger partial charge < -0.3 is 10.2 Å². The molecule has 7 heteroatoms. The first-order valence-electron chi connectivity index (χ1n) is 10.9. The van der Waals surface area contributed by atoms with Crippen molar-refractivity contribution in [3.8, 4) is 0 Å². The quantitative estimate of drug-likeness (QED) is 0.847. The second-order valence-electron chi connectivity index (χ2n) is 8.35. The van der Waals surface area contributed by atoms with Gasteiger partial charge in [0.05, 0.1) is 23.5 Å². The van der Waals surface area contributed by atoms with Crippen LogP contribution >= 0.6 is 0 Å². The molecular formula is C23H27N5O2. The lowest BCUT2D eigenvalue weighted by molar-refractivity contribution is -0.119. The topological polar surface area (TPSA) is 68.8 Å². The number of aromatic nitrogens is 1. The number of likely N-dealkylation sites (tertiary alicyclic amines) is 2. The Morgan fingerprint density at radius 1 is 1.07 bits per heavy atom. The molecule has 0 bridgehead atoms. The number of hydrogen-bond donors (Lipinski definition) is 1. The summed E-state index contributed by atoms with van der Waals surface area (Å²) in [5.41, 5.74) is 1.63. The molecule has 2 saturated heterocycles. The number of anilines is 3. The maximum Gasteiger partial charge on any atom is 0.257 e. The van der Waals surface area contributed by atoms with E-state index in [1.165, 1.54) is 25.9 Å². The minimum atomic E-state index is -0.219. The van der Waals surface area contributed by atoms with Gasteiger partial charge in [0.15, 0.2) is 5.82 Å². The molecule has 5 rings (SSSR count). The maximum absolute atomic E-state index is 13.6. The first-order valence-corrected chi connectivity index (χ1v) is 10.9. The van der Waals surface area contributed by atoms with Crippen LogP contribution in [-0.4, -0.2) is 65.4 Å². The number of para-hydroxylation sites is 1. The SMILES string of the molecule is O=C1Nc2cccnc2N(C(=O)CN2CCCC2CN2CCCC2)c2ccccc21. The van der Waals surface area contributed by atoms with E-state index in [1.807, 2.05) is 18.2 Å². The number of carbonyl (C=O) groups excluding carboxylic acids is 2. The zero-order chi connectivity index (χ0) is 20.5. The number of amides is 2. The van der Waals surface area contributed by atoms with Gasteiger partial charge in [-0.15, -0.1) is 0 Å². The maximum atomic E-state index is 13.6. The van der Waals surface area contributed by atoms with Gasteiger partial charge in [-0.1, -0.05) is 12.1 Å². The summed E-state index contributed by atoms with van der Waals surface area (Å²) in [5.74, 6) is 0.214. The van der Waals surface area contributed by atoms with Gasteiger partial charge in [0.2, 0.25) is 5.91 Å². The van der Waals surface area contributed by atoms with E-state index in [-0.39, 0.29) is 11.8 Å². The largest absolute Gasteiger partial charge is 0.319 e. The van der Waals surface area contributed by atoms with Crippen molar-refractivity contribution in [3.05, 3.63) is 48.2 Å². The van der Waals surface area contributed by atoms with E-state index in [9.17, 15) is 9.59 Å². The van der Waals surface area contributed by atoms with Crippen LogP contribution in [0.4, 0.5) is 17.2 Å².